The van der Waals surface area contributed by atoms with Gasteiger partial charge in [0.05, 0.1) is 57.8 Å². The predicted octanol–water partition coefficient (Wildman–Crippen LogP) is -15.7. The van der Waals surface area contributed by atoms with Crippen LogP contribution in [0.2, 0.25) is 0 Å². The van der Waals surface area contributed by atoms with Gasteiger partial charge < -0.3 is 193 Å². The molecule has 564 valence electrons. The van der Waals surface area contributed by atoms with Gasteiger partial charge in [-0.15, -0.1) is 0 Å². The van der Waals surface area contributed by atoms with Crippen LogP contribution in [0.3, 0.4) is 0 Å². The monoisotopic (exact) mass is 1450 g/mol. The molecule has 30 aliphatic heterocycles. The first-order valence-electron chi connectivity index (χ1n) is 31.1. The van der Waals surface area contributed by atoms with Gasteiger partial charge in [-0.1, -0.05) is 17.7 Å². The van der Waals surface area contributed by atoms with Crippen molar-refractivity contribution >= 4 is 10.1 Å². The lowest BCUT2D eigenvalue weighted by molar-refractivity contribution is -0.404. The van der Waals surface area contributed by atoms with Gasteiger partial charge in [-0.2, -0.15) is 8.42 Å². The fourth-order valence-corrected chi connectivity index (χ4v) is 13.7. The van der Waals surface area contributed by atoms with E-state index in [0.29, 0.717) is 5.56 Å². The van der Waals surface area contributed by atoms with Crippen LogP contribution in [-0.4, -0.2) is 424 Å². The number of hydrogen-bond donors (Lipinski definition) is 23. The Morgan fingerprint density at radius 1 is 0.265 bits per heavy atom. The summed E-state index contributed by atoms with van der Waals surface area (Å²) in [5, 5.41) is 258. The first kappa shape index (κ1) is 78.2. The summed E-state index contributed by atoms with van der Waals surface area (Å²) in [5.74, 6) is 0. The Morgan fingerprint density at radius 2 is 0.429 bits per heavy atom. The Balaban J connectivity index is 0.936. The van der Waals surface area contributed by atoms with Crippen molar-refractivity contribution in [3.63, 3.8) is 0 Å². The second-order valence-electron chi connectivity index (χ2n) is 24.8. The average molecular weight is 1450 g/mol. The summed E-state index contributed by atoms with van der Waals surface area (Å²) in [6.07, 6.45) is -84.8. The molecule has 30 heterocycles. The highest BCUT2D eigenvalue weighted by Crippen LogP contribution is 2.40. The minimum absolute atomic E-state index is 0.399. The zero-order valence-electron chi connectivity index (χ0n) is 51.5. The van der Waals surface area contributed by atoms with Crippen LogP contribution in [-0.2, 0) is 90.1 Å². The van der Waals surface area contributed by atoms with Crippen molar-refractivity contribution in [2.24, 2.45) is 0 Å². The van der Waals surface area contributed by atoms with E-state index in [-0.39, 0.29) is 0 Å². The van der Waals surface area contributed by atoms with Gasteiger partial charge in [0, 0.05) is 0 Å². The lowest BCUT2D eigenvalue weighted by atomic mass is 9.94. The number of aliphatic hydroxyl groups excluding tert-OH is 23. The van der Waals surface area contributed by atoms with Crippen LogP contribution in [0.1, 0.15) is 5.56 Å². The van der Waals surface area contributed by atoms with E-state index >= 15 is 0 Å². The van der Waals surface area contributed by atoms with E-state index in [1.54, 1.807) is 6.92 Å². The van der Waals surface area contributed by atoms with Crippen molar-refractivity contribution in [2.45, 2.75) is 257 Å². The quantitative estimate of drug-likeness (QED) is 0.0915. The summed E-state index contributed by atoms with van der Waals surface area (Å²) in [4.78, 5) is -0.399. The van der Waals surface area contributed by atoms with E-state index in [0.717, 1.165) is 0 Å². The molecule has 31 rings (SSSR count). The molecule has 0 aliphatic carbocycles. The third-order valence-corrected chi connectivity index (χ3v) is 19.7. The molecule has 0 spiro atoms. The zero-order valence-corrected chi connectivity index (χ0v) is 52.3. The standard InChI is InChI=1S/C55H86O42S/c1-14-2-4-15(5-3-14)98(79,80)81-13-23-47-31(70)39(78)55(89-23)96-46-22(12-62)87-53(37(76)29(46)68)94-44-20(10-60)85-51(35(74)27(44)66)92-42-18(8-58)83-49(33(72)25(42)64)90-40-16(6-56)82-48(32(71)24(40)63)91-41-17(7-57)84-50(34(73)26(41)65)93-43-19(9-59)86-52(36(75)28(43)67)95-45-21(11-61)88-54(97-47)38(77)30(45)69/h2-5,16-78H,6-13H2,1H3/t16-,17-,18-,19-,20-,21-,22-,23-,24-,25-,26-,27-,28-,29-,30-,31-,32-,33-,34-,35-,36-,37-,38-,39-,40-,41-,42-,43-,44-,45-,46-,47-,48-,49-,50-,51-,52-,53-,54-,55-/m1/s1. The molecule has 0 saturated carbocycles. The van der Waals surface area contributed by atoms with E-state index in [1.807, 2.05) is 0 Å². The van der Waals surface area contributed by atoms with Crippen LogP contribution in [0.25, 0.3) is 0 Å². The maximum atomic E-state index is 13.6. The van der Waals surface area contributed by atoms with Crippen LogP contribution in [0.4, 0.5) is 0 Å². The molecule has 1 aromatic rings. The summed E-state index contributed by atoms with van der Waals surface area (Å²) in [5.41, 5.74) is 0.638. The number of aliphatic hydroxyl groups is 23. The normalized spacial score (nSPS) is 51.1. The number of aryl methyl sites for hydroxylation is 1. The summed E-state index contributed by atoms with van der Waals surface area (Å²) >= 11 is 0. The van der Waals surface area contributed by atoms with Gasteiger partial charge in [-0.3, -0.25) is 4.18 Å². The molecule has 0 radical (unpaired) electrons. The van der Waals surface area contributed by atoms with Crippen molar-refractivity contribution in [3.05, 3.63) is 29.8 Å². The van der Waals surface area contributed by atoms with E-state index in [9.17, 15) is 126 Å². The minimum Gasteiger partial charge on any atom is -0.394 e. The molecule has 40 atom stereocenters. The van der Waals surface area contributed by atoms with E-state index in [1.165, 1.54) is 24.3 Å². The number of ether oxygens (including phenoxy) is 16. The fourth-order valence-electron chi connectivity index (χ4n) is 12.8. The molecule has 23 N–H and O–H groups in total. The lowest BCUT2D eigenvalue weighted by Crippen LogP contribution is -2.69. The highest BCUT2D eigenvalue weighted by molar-refractivity contribution is 7.86. The maximum absolute atomic E-state index is 13.6. The SMILES string of the molecule is Cc1ccc(S(=O)(=O)OC[C@H]2O[C@@H]3O[C@H]4[C@H](O)[C@@H](O)[C@@H](O[C@H]5[C@H](O)[C@@H](O)[C@@H](O[C@H]6[C@H](O)[C@@H](O)[C@@H](O[C@H]7[C@H](O)[C@@H](O)[C@@H](O[C@H]8[C@H](O)[C@@H](O)[C@@H](O[C@H]9[C@H](O)[C@@H](O)[C@@H](O[C@H]%10[C@H](O)[C@@H](O)[C@@H](O[C@H]2[C@H](O)[C@H]3O)O[C@@H]%10CO)O[C@@H]9CO)O[C@@H]8CO)O[C@@H]7CO)O[C@@H]6CO)O[C@@H]5CO)O[C@@H]4CO)cc1. The van der Waals surface area contributed by atoms with Gasteiger partial charge in [0.25, 0.3) is 10.1 Å². The molecule has 1 aromatic carbocycles. The molecular weight excluding hydrogens is 1360 g/mol. The third kappa shape index (κ3) is 15.8. The second kappa shape index (κ2) is 32.9. The fraction of sp³-hybridized carbons (Fsp3) is 0.891. The predicted molar refractivity (Wildman–Crippen MR) is 298 cm³/mol. The minimum atomic E-state index is -4.76. The summed E-state index contributed by atoms with van der Waals surface area (Å²) in [6.45, 7) is -7.35. The molecule has 30 aliphatic rings. The summed E-state index contributed by atoms with van der Waals surface area (Å²) in [6, 6.07) is 5.20. The Labute approximate surface area is 554 Å². The van der Waals surface area contributed by atoms with Gasteiger partial charge in [0.15, 0.2) is 50.3 Å². The summed E-state index contributed by atoms with van der Waals surface area (Å²) in [7, 11) is -4.76. The molecule has 42 nitrogen and oxygen atoms in total. The Bertz CT molecular complexity index is 2750. The van der Waals surface area contributed by atoms with Gasteiger partial charge in [0.2, 0.25) is 0 Å². The van der Waals surface area contributed by atoms with Crippen LogP contribution in [0, 0.1) is 6.92 Å². The highest BCUT2D eigenvalue weighted by atomic mass is 32.2. The van der Waals surface area contributed by atoms with Gasteiger partial charge in [0.1, 0.15) is 195 Å². The van der Waals surface area contributed by atoms with Crippen molar-refractivity contribution in [1.82, 2.24) is 0 Å². The van der Waals surface area contributed by atoms with E-state index < -0.39 is 314 Å². The Kier molecular flexibility index (Phi) is 26.3. The van der Waals surface area contributed by atoms with Gasteiger partial charge in [-0.25, -0.2) is 0 Å². The third-order valence-electron chi connectivity index (χ3n) is 18.4. The molecule has 98 heavy (non-hydrogen) atoms. The summed E-state index contributed by atoms with van der Waals surface area (Å²) < 4.78 is 125. The lowest BCUT2D eigenvalue weighted by Gasteiger charge is -2.50. The molecule has 30 saturated heterocycles. The molecule has 0 aromatic heterocycles. The number of benzene rings is 1. The molecule has 0 unspecified atom stereocenters. The van der Waals surface area contributed by atoms with Crippen LogP contribution < -0.4 is 0 Å². The van der Waals surface area contributed by atoms with Crippen molar-refractivity contribution in [1.29, 1.82) is 0 Å². The first-order chi connectivity index (χ1) is 46.5. The highest BCUT2D eigenvalue weighted by Gasteiger charge is 2.60. The Hall–Kier alpha value is -2.43. The van der Waals surface area contributed by atoms with Crippen LogP contribution >= 0.6 is 0 Å². The molecule has 0 amide bonds. The number of hydrogen-bond acceptors (Lipinski definition) is 42. The zero-order chi connectivity index (χ0) is 71.3. The van der Waals surface area contributed by atoms with E-state index in [4.69, 9.17) is 80.0 Å². The second-order valence-corrected chi connectivity index (χ2v) is 26.4. The molecule has 30 fully saturated rings. The van der Waals surface area contributed by atoms with Gasteiger partial charge >= 0.3 is 0 Å². The maximum Gasteiger partial charge on any atom is 0.297 e. The van der Waals surface area contributed by atoms with Crippen molar-refractivity contribution in [3.8, 4) is 0 Å². The molecule has 16 bridgehead atoms. The number of rotatable bonds is 11. The average Bonchev–Trinajstić information content (AvgIpc) is 0.779. The Morgan fingerprint density at radius 3 is 0.602 bits per heavy atom. The molecular formula is C55H86O42S. The van der Waals surface area contributed by atoms with Crippen LogP contribution in [0.5, 0.6) is 0 Å². The first-order valence-corrected chi connectivity index (χ1v) is 32.5. The van der Waals surface area contributed by atoms with Crippen molar-refractivity contribution in [2.75, 3.05) is 52.9 Å². The smallest absolute Gasteiger partial charge is 0.297 e. The van der Waals surface area contributed by atoms with E-state index in [2.05, 4.69) is 0 Å². The van der Waals surface area contributed by atoms with Crippen LogP contribution in [0.15, 0.2) is 29.2 Å². The topological polar surface area (TPSA) is 656 Å². The largest absolute Gasteiger partial charge is 0.394 e. The van der Waals surface area contributed by atoms with Gasteiger partial charge in [-0.05, 0) is 19.1 Å². The molecule has 43 heteroatoms. The van der Waals surface area contributed by atoms with Crippen molar-refractivity contribution < 1.29 is 206 Å².